The molecule has 0 spiro atoms. The minimum atomic E-state index is -0.201. The Morgan fingerprint density at radius 2 is 2.16 bits per heavy atom. The Morgan fingerprint density at radius 1 is 1.42 bits per heavy atom. The van der Waals surface area contributed by atoms with Crippen molar-refractivity contribution in [2.24, 2.45) is 0 Å². The molecule has 1 heterocycles. The first-order valence-electron chi connectivity index (χ1n) is 6.02. The second-order valence-electron chi connectivity index (χ2n) is 4.40. The maximum atomic E-state index is 12.0. The molecule has 1 aromatic rings. The van der Waals surface area contributed by atoms with Gasteiger partial charge >= 0.3 is 0 Å². The number of fused-ring (bicyclic) bond motifs is 1. The van der Waals surface area contributed by atoms with E-state index in [-0.39, 0.29) is 30.8 Å². The van der Waals surface area contributed by atoms with Crippen LogP contribution >= 0.6 is 12.4 Å². The molecule has 0 unspecified atom stereocenters. The highest BCUT2D eigenvalue weighted by atomic mass is 35.5. The first-order valence-corrected chi connectivity index (χ1v) is 6.02. The molecule has 2 amide bonds. The van der Waals surface area contributed by atoms with Gasteiger partial charge in [0, 0.05) is 24.8 Å². The van der Waals surface area contributed by atoms with E-state index < -0.39 is 0 Å². The molecule has 0 aromatic heterocycles. The van der Waals surface area contributed by atoms with E-state index in [0.717, 1.165) is 29.8 Å². The van der Waals surface area contributed by atoms with Crippen molar-refractivity contribution < 1.29 is 9.59 Å². The van der Waals surface area contributed by atoms with Crippen LogP contribution in [0.3, 0.4) is 0 Å². The average Bonchev–Trinajstić information content (AvgIpc) is 2.36. The molecule has 0 radical (unpaired) electrons. The number of halogens is 1. The smallest absolute Gasteiger partial charge is 0.246 e. The fraction of sp³-hybridized carbons (Fsp3) is 0.385. The van der Waals surface area contributed by atoms with E-state index in [1.165, 1.54) is 6.92 Å². The van der Waals surface area contributed by atoms with Crippen molar-refractivity contribution in [3.05, 3.63) is 23.8 Å². The highest BCUT2D eigenvalue weighted by Gasteiger charge is 2.23. The number of nitrogen functional groups attached to an aromatic ring is 1. The van der Waals surface area contributed by atoms with Gasteiger partial charge in [0.1, 0.15) is 0 Å². The van der Waals surface area contributed by atoms with Crippen LogP contribution in [0.25, 0.3) is 0 Å². The largest absolute Gasteiger partial charge is 0.398 e. The summed E-state index contributed by atoms with van der Waals surface area (Å²) >= 11 is 0. The van der Waals surface area contributed by atoms with Crippen LogP contribution in [0.5, 0.6) is 0 Å². The molecule has 19 heavy (non-hydrogen) atoms. The van der Waals surface area contributed by atoms with E-state index in [1.807, 2.05) is 18.2 Å². The quantitative estimate of drug-likeness (QED) is 0.798. The molecule has 1 aromatic carbocycles. The number of nitrogens with zero attached hydrogens (tertiary/aromatic N) is 1. The number of benzene rings is 1. The second-order valence-corrected chi connectivity index (χ2v) is 4.40. The predicted octanol–water partition coefficient (Wildman–Crippen LogP) is 1.11. The van der Waals surface area contributed by atoms with Gasteiger partial charge in [-0.15, -0.1) is 12.4 Å². The SMILES string of the molecule is CC(=O)NCC(=O)N1CCCc2c(N)cccc21.Cl. The lowest BCUT2D eigenvalue weighted by Crippen LogP contribution is -2.42. The van der Waals surface area contributed by atoms with Crippen molar-refractivity contribution in [1.82, 2.24) is 5.32 Å². The van der Waals surface area contributed by atoms with Crippen LogP contribution in [0, 0.1) is 0 Å². The lowest BCUT2D eigenvalue weighted by Gasteiger charge is -2.30. The summed E-state index contributed by atoms with van der Waals surface area (Å²) < 4.78 is 0. The molecule has 1 aliphatic rings. The Labute approximate surface area is 118 Å². The topological polar surface area (TPSA) is 75.4 Å². The molecule has 0 aliphatic carbocycles. The van der Waals surface area contributed by atoms with Crippen LogP contribution in [-0.4, -0.2) is 24.9 Å². The first-order chi connectivity index (χ1) is 8.59. The van der Waals surface area contributed by atoms with Crippen molar-refractivity contribution in [3.8, 4) is 0 Å². The fourth-order valence-electron chi connectivity index (χ4n) is 2.21. The van der Waals surface area contributed by atoms with Gasteiger partial charge in [0.25, 0.3) is 0 Å². The van der Waals surface area contributed by atoms with E-state index in [2.05, 4.69) is 5.32 Å². The summed E-state index contributed by atoms with van der Waals surface area (Å²) in [6, 6.07) is 5.59. The van der Waals surface area contributed by atoms with Crippen LogP contribution in [0.15, 0.2) is 18.2 Å². The Bertz CT molecular complexity index is 491. The number of nitrogens with two attached hydrogens (primary N) is 1. The summed E-state index contributed by atoms with van der Waals surface area (Å²) in [6.07, 6.45) is 1.79. The van der Waals surface area contributed by atoms with E-state index in [0.29, 0.717) is 6.54 Å². The molecule has 2 rings (SSSR count). The highest BCUT2D eigenvalue weighted by Crippen LogP contribution is 2.31. The molecule has 1 aliphatic heterocycles. The van der Waals surface area contributed by atoms with E-state index >= 15 is 0 Å². The van der Waals surface area contributed by atoms with Gasteiger partial charge in [-0.05, 0) is 30.5 Å². The molecule has 0 saturated carbocycles. The van der Waals surface area contributed by atoms with Crippen LogP contribution in [0.4, 0.5) is 11.4 Å². The van der Waals surface area contributed by atoms with Gasteiger partial charge in [-0.25, -0.2) is 0 Å². The van der Waals surface area contributed by atoms with Gasteiger partial charge in [-0.3, -0.25) is 9.59 Å². The lowest BCUT2D eigenvalue weighted by molar-refractivity contribution is -0.123. The molecular formula is C13H18ClN3O2. The maximum Gasteiger partial charge on any atom is 0.246 e. The summed E-state index contributed by atoms with van der Waals surface area (Å²) in [6.45, 7) is 2.11. The van der Waals surface area contributed by atoms with Gasteiger partial charge < -0.3 is 16.0 Å². The van der Waals surface area contributed by atoms with Crippen LogP contribution < -0.4 is 16.0 Å². The predicted molar refractivity (Wildman–Crippen MR) is 77.5 cm³/mol. The zero-order chi connectivity index (χ0) is 13.1. The number of rotatable bonds is 2. The molecule has 3 N–H and O–H groups in total. The third-order valence-electron chi connectivity index (χ3n) is 3.08. The van der Waals surface area contributed by atoms with E-state index in [9.17, 15) is 9.59 Å². The number of carbonyl (C=O) groups is 2. The molecular weight excluding hydrogens is 266 g/mol. The Hall–Kier alpha value is -1.75. The summed E-state index contributed by atoms with van der Waals surface area (Å²) in [4.78, 5) is 24.6. The molecule has 0 bridgehead atoms. The third-order valence-corrected chi connectivity index (χ3v) is 3.08. The summed E-state index contributed by atoms with van der Waals surface area (Å²) in [5, 5.41) is 2.53. The van der Waals surface area contributed by atoms with Gasteiger partial charge in [0.05, 0.1) is 6.54 Å². The van der Waals surface area contributed by atoms with Crippen LogP contribution in [0.2, 0.25) is 0 Å². The minimum absolute atomic E-state index is 0. The molecule has 0 atom stereocenters. The minimum Gasteiger partial charge on any atom is -0.398 e. The van der Waals surface area contributed by atoms with Gasteiger partial charge in [0.2, 0.25) is 11.8 Å². The standard InChI is InChI=1S/C13H17N3O2.ClH/c1-9(17)15-8-13(18)16-7-3-4-10-11(14)5-2-6-12(10)16;/h2,5-6H,3-4,7-8,14H2,1H3,(H,15,17);1H. The average molecular weight is 284 g/mol. The molecule has 0 saturated heterocycles. The van der Waals surface area contributed by atoms with Crippen molar-refractivity contribution in [2.75, 3.05) is 23.7 Å². The zero-order valence-electron chi connectivity index (χ0n) is 10.8. The maximum absolute atomic E-state index is 12.0. The lowest BCUT2D eigenvalue weighted by atomic mass is 10.00. The van der Waals surface area contributed by atoms with Crippen molar-refractivity contribution >= 4 is 35.6 Å². The Kier molecular flexibility index (Phi) is 5.18. The van der Waals surface area contributed by atoms with Crippen molar-refractivity contribution in [1.29, 1.82) is 0 Å². The third kappa shape index (κ3) is 3.38. The van der Waals surface area contributed by atoms with Gasteiger partial charge in [-0.1, -0.05) is 6.07 Å². The van der Waals surface area contributed by atoms with Crippen LogP contribution in [0.1, 0.15) is 18.9 Å². The molecule has 5 nitrogen and oxygen atoms in total. The van der Waals surface area contributed by atoms with E-state index in [1.54, 1.807) is 4.90 Å². The number of nitrogens with one attached hydrogen (secondary N) is 1. The summed E-state index contributed by atoms with van der Waals surface area (Å²) in [5.74, 6) is -0.301. The van der Waals surface area contributed by atoms with Gasteiger partial charge in [-0.2, -0.15) is 0 Å². The normalized spacial score (nSPS) is 13.2. The fourth-order valence-corrected chi connectivity index (χ4v) is 2.21. The highest BCUT2D eigenvalue weighted by molar-refractivity contribution is 5.98. The Morgan fingerprint density at radius 3 is 2.84 bits per heavy atom. The first kappa shape index (κ1) is 15.3. The van der Waals surface area contributed by atoms with Crippen LogP contribution in [-0.2, 0) is 16.0 Å². The van der Waals surface area contributed by atoms with Gasteiger partial charge in [0.15, 0.2) is 0 Å². The second kappa shape index (κ2) is 6.43. The monoisotopic (exact) mass is 283 g/mol. The van der Waals surface area contributed by atoms with E-state index in [4.69, 9.17) is 5.73 Å². The summed E-state index contributed by atoms with van der Waals surface area (Å²) in [7, 11) is 0. The molecule has 104 valence electrons. The molecule has 6 heteroatoms. The number of hydrogen-bond donors (Lipinski definition) is 2. The molecule has 0 fully saturated rings. The van der Waals surface area contributed by atoms with Crippen molar-refractivity contribution in [2.45, 2.75) is 19.8 Å². The number of hydrogen-bond acceptors (Lipinski definition) is 3. The number of amides is 2. The number of anilines is 2. The Balaban J connectivity index is 0.00000180. The number of carbonyl (C=O) groups excluding carboxylic acids is 2. The van der Waals surface area contributed by atoms with Crippen molar-refractivity contribution in [3.63, 3.8) is 0 Å². The summed E-state index contributed by atoms with van der Waals surface area (Å²) in [5.41, 5.74) is 8.54. The zero-order valence-corrected chi connectivity index (χ0v) is 11.6.